The van der Waals surface area contributed by atoms with Crippen LogP contribution in [-0.2, 0) is 11.2 Å². The van der Waals surface area contributed by atoms with Crippen LogP contribution in [0.25, 0.3) is 0 Å². The minimum Gasteiger partial charge on any atom is -0.336 e. The molecule has 2 heterocycles. The number of rotatable bonds is 3. The number of hydrogen-bond acceptors (Lipinski definition) is 3. The molecule has 0 aliphatic carbocycles. The Hall–Kier alpha value is -3.35. The van der Waals surface area contributed by atoms with Crippen molar-refractivity contribution in [2.45, 2.75) is 12.8 Å². The molecule has 0 bridgehead atoms. The van der Waals surface area contributed by atoms with E-state index in [1.54, 1.807) is 47.2 Å². The number of anilines is 3. The number of nitrogens with one attached hydrogen (secondary N) is 2. The van der Waals surface area contributed by atoms with Crippen molar-refractivity contribution in [2.24, 2.45) is 0 Å². The number of urea groups is 1. The van der Waals surface area contributed by atoms with E-state index in [0.29, 0.717) is 37.2 Å². The molecule has 0 saturated carbocycles. The molecule has 0 spiro atoms. The number of carbonyl (C=O) groups is 3. The quantitative estimate of drug-likeness (QED) is 0.877. The summed E-state index contributed by atoms with van der Waals surface area (Å²) in [6.45, 7) is 1.25. The number of hydrogen-bond donors (Lipinski definition) is 2. The van der Waals surface area contributed by atoms with E-state index in [2.05, 4.69) is 10.6 Å². The van der Waals surface area contributed by atoms with Crippen LogP contribution in [0, 0.1) is 0 Å². The van der Waals surface area contributed by atoms with E-state index in [0.717, 1.165) is 16.9 Å². The zero-order chi connectivity index (χ0) is 19.0. The van der Waals surface area contributed by atoms with Gasteiger partial charge in [0, 0.05) is 49.2 Å². The monoisotopic (exact) mass is 364 g/mol. The predicted molar refractivity (Wildman–Crippen MR) is 103 cm³/mol. The van der Waals surface area contributed by atoms with Crippen LogP contribution < -0.4 is 20.4 Å². The Kier molecular flexibility index (Phi) is 4.27. The molecule has 2 N–H and O–H groups in total. The summed E-state index contributed by atoms with van der Waals surface area (Å²) in [4.78, 5) is 39.3. The molecule has 0 atom stereocenters. The lowest BCUT2D eigenvalue weighted by atomic mass is 10.0. The van der Waals surface area contributed by atoms with Crippen LogP contribution in [0.4, 0.5) is 21.9 Å². The molecule has 2 aliphatic rings. The molecule has 0 radical (unpaired) electrons. The summed E-state index contributed by atoms with van der Waals surface area (Å²) in [5, 5.41) is 5.65. The molecule has 1 fully saturated rings. The van der Waals surface area contributed by atoms with Crippen molar-refractivity contribution >= 4 is 34.9 Å². The molecule has 2 aromatic carbocycles. The molecule has 4 amide bonds. The van der Waals surface area contributed by atoms with Gasteiger partial charge in [0.1, 0.15) is 0 Å². The average molecular weight is 364 g/mol. The fourth-order valence-electron chi connectivity index (χ4n) is 3.45. The fraction of sp³-hybridized carbons (Fsp3) is 0.250. The molecule has 7 nitrogen and oxygen atoms in total. The molecule has 0 aromatic heterocycles. The zero-order valence-electron chi connectivity index (χ0n) is 15.0. The van der Waals surface area contributed by atoms with E-state index in [9.17, 15) is 14.4 Å². The van der Waals surface area contributed by atoms with Gasteiger partial charge < -0.3 is 15.5 Å². The first kappa shape index (κ1) is 17.1. The lowest BCUT2D eigenvalue weighted by molar-refractivity contribution is -0.118. The van der Waals surface area contributed by atoms with Gasteiger partial charge in [-0.15, -0.1) is 0 Å². The number of aryl methyl sites for hydroxylation is 1. The zero-order valence-corrected chi connectivity index (χ0v) is 15.0. The highest BCUT2D eigenvalue weighted by molar-refractivity contribution is 6.05. The smallest absolute Gasteiger partial charge is 0.321 e. The summed E-state index contributed by atoms with van der Waals surface area (Å²) < 4.78 is 0. The third-order valence-electron chi connectivity index (χ3n) is 4.98. The van der Waals surface area contributed by atoms with E-state index in [4.69, 9.17) is 0 Å². The summed E-state index contributed by atoms with van der Waals surface area (Å²) >= 11 is 0. The molecule has 2 aromatic rings. The summed E-state index contributed by atoms with van der Waals surface area (Å²) in [6, 6.07) is 12.4. The van der Waals surface area contributed by atoms with Crippen molar-refractivity contribution in [3.8, 4) is 0 Å². The minimum atomic E-state index is -0.215. The SMILES string of the molecule is CN1C(=O)CCc2cc(NC(=O)c3ccc(N4CCNC4=O)cc3)ccc21. The van der Waals surface area contributed by atoms with Gasteiger partial charge in [0.05, 0.1) is 0 Å². The molecule has 2 aliphatic heterocycles. The van der Waals surface area contributed by atoms with Gasteiger partial charge >= 0.3 is 6.03 Å². The third kappa shape index (κ3) is 3.23. The van der Waals surface area contributed by atoms with E-state index >= 15 is 0 Å². The number of carbonyl (C=O) groups excluding carboxylic acids is 3. The van der Waals surface area contributed by atoms with Crippen molar-refractivity contribution in [1.29, 1.82) is 0 Å². The van der Waals surface area contributed by atoms with E-state index in [1.807, 2.05) is 12.1 Å². The van der Waals surface area contributed by atoms with E-state index in [-0.39, 0.29) is 17.8 Å². The van der Waals surface area contributed by atoms with Crippen LogP contribution in [0.2, 0.25) is 0 Å². The van der Waals surface area contributed by atoms with Gasteiger partial charge in [-0.1, -0.05) is 0 Å². The molecule has 1 saturated heterocycles. The maximum Gasteiger partial charge on any atom is 0.321 e. The van der Waals surface area contributed by atoms with Crippen molar-refractivity contribution in [3.05, 3.63) is 53.6 Å². The van der Waals surface area contributed by atoms with Crippen LogP contribution in [0.3, 0.4) is 0 Å². The Labute approximate surface area is 157 Å². The Morgan fingerprint density at radius 3 is 2.56 bits per heavy atom. The Morgan fingerprint density at radius 2 is 1.85 bits per heavy atom. The standard InChI is InChI=1S/C20H20N4O3/c1-23-17-8-5-15(12-14(17)4-9-18(23)25)22-19(26)13-2-6-16(7-3-13)24-11-10-21-20(24)27/h2-3,5-8,12H,4,9-11H2,1H3,(H,21,27)(H,22,26). The first-order chi connectivity index (χ1) is 13.0. The number of nitrogens with zero attached hydrogens (tertiary/aromatic N) is 2. The second-order valence-electron chi connectivity index (χ2n) is 6.68. The Bertz CT molecular complexity index is 923. The number of benzene rings is 2. The second kappa shape index (κ2) is 6.75. The Balaban J connectivity index is 1.48. The minimum absolute atomic E-state index is 0.103. The van der Waals surface area contributed by atoms with Crippen molar-refractivity contribution in [3.63, 3.8) is 0 Å². The highest BCUT2D eigenvalue weighted by Gasteiger charge is 2.22. The fourth-order valence-corrected chi connectivity index (χ4v) is 3.45. The largest absolute Gasteiger partial charge is 0.336 e. The van der Waals surface area contributed by atoms with Crippen molar-refractivity contribution < 1.29 is 14.4 Å². The lowest BCUT2D eigenvalue weighted by Crippen LogP contribution is -2.31. The van der Waals surface area contributed by atoms with Crippen LogP contribution in [0.1, 0.15) is 22.3 Å². The van der Waals surface area contributed by atoms with Gasteiger partial charge in [0.25, 0.3) is 5.91 Å². The van der Waals surface area contributed by atoms with Crippen LogP contribution >= 0.6 is 0 Å². The molecule has 7 heteroatoms. The Morgan fingerprint density at radius 1 is 1.07 bits per heavy atom. The molecule has 27 heavy (non-hydrogen) atoms. The van der Waals surface area contributed by atoms with Gasteiger partial charge in [-0.3, -0.25) is 14.5 Å². The van der Waals surface area contributed by atoms with Crippen LogP contribution in [0.5, 0.6) is 0 Å². The van der Waals surface area contributed by atoms with Gasteiger partial charge in [0.2, 0.25) is 5.91 Å². The van der Waals surface area contributed by atoms with Crippen LogP contribution in [0.15, 0.2) is 42.5 Å². The molecular weight excluding hydrogens is 344 g/mol. The highest BCUT2D eigenvalue weighted by Crippen LogP contribution is 2.29. The maximum absolute atomic E-state index is 12.5. The van der Waals surface area contributed by atoms with Crippen molar-refractivity contribution in [1.82, 2.24) is 5.32 Å². The summed E-state index contributed by atoms with van der Waals surface area (Å²) in [6.07, 6.45) is 1.15. The van der Waals surface area contributed by atoms with Crippen molar-refractivity contribution in [2.75, 3.05) is 35.3 Å². The third-order valence-corrected chi connectivity index (χ3v) is 4.98. The number of fused-ring (bicyclic) bond motifs is 1. The maximum atomic E-state index is 12.5. The molecule has 138 valence electrons. The predicted octanol–water partition coefficient (Wildman–Crippen LogP) is 2.38. The lowest BCUT2D eigenvalue weighted by Gasteiger charge is -2.26. The molecule has 4 rings (SSSR count). The average Bonchev–Trinajstić information content (AvgIpc) is 3.11. The normalized spacial score (nSPS) is 16.2. The van der Waals surface area contributed by atoms with Gasteiger partial charge in [-0.05, 0) is 54.4 Å². The summed E-state index contributed by atoms with van der Waals surface area (Å²) in [5.74, 6) is -0.112. The molecule has 0 unspecified atom stereocenters. The summed E-state index contributed by atoms with van der Waals surface area (Å²) in [7, 11) is 1.76. The van der Waals surface area contributed by atoms with Gasteiger partial charge in [0.15, 0.2) is 0 Å². The highest BCUT2D eigenvalue weighted by atomic mass is 16.2. The summed E-state index contributed by atoms with van der Waals surface area (Å²) in [5.41, 5.74) is 3.92. The first-order valence-corrected chi connectivity index (χ1v) is 8.89. The number of amides is 4. The topological polar surface area (TPSA) is 81.8 Å². The van der Waals surface area contributed by atoms with Gasteiger partial charge in [-0.25, -0.2) is 4.79 Å². The van der Waals surface area contributed by atoms with Gasteiger partial charge in [-0.2, -0.15) is 0 Å². The van der Waals surface area contributed by atoms with E-state index < -0.39 is 0 Å². The van der Waals surface area contributed by atoms with E-state index in [1.165, 1.54) is 0 Å². The second-order valence-corrected chi connectivity index (χ2v) is 6.68. The van der Waals surface area contributed by atoms with Crippen LogP contribution in [-0.4, -0.2) is 38.0 Å². The molecular formula is C20H20N4O3. The first-order valence-electron chi connectivity index (χ1n) is 8.89.